The Bertz CT molecular complexity index is 404. The fraction of sp³-hybridized carbons (Fsp3) is 0.222. The van der Waals surface area contributed by atoms with E-state index in [-0.39, 0.29) is 17.0 Å². The molecule has 0 saturated carbocycles. The van der Waals surface area contributed by atoms with E-state index in [0.717, 1.165) is 6.07 Å². The highest BCUT2D eigenvalue weighted by Crippen LogP contribution is 2.23. The van der Waals surface area contributed by atoms with Crippen LogP contribution in [0.1, 0.15) is 10.4 Å². The Morgan fingerprint density at radius 1 is 1.38 bits per heavy atom. The van der Waals surface area contributed by atoms with Crippen molar-refractivity contribution in [2.45, 2.75) is 6.18 Å². The Labute approximate surface area is 89.0 Å². The predicted molar refractivity (Wildman–Crippen MR) is 50.9 cm³/mol. The molecule has 0 spiro atoms. The molecule has 0 saturated heterocycles. The monoisotopic (exact) mass is 234 g/mol. The summed E-state index contributed by atoms with van der Waals surface area (Å²) in [7, 11) is 0. The third kappa shape index (κ3) is 3.34. The van der Waals surface area contributed by atoms with Gasteiger partial charge in [0.1, 0.15) is 5.75 Å². The lowest BCUT2D eigenvalue weighted by Crippen LogP contribution is -2.21. The Hall–Kier alpha value is -1.92. The number of primary amides is 1. The van der Waals surface area contributed by atoms with E-state index in [0.29, 0.717) is 0 Å². The van der Waals surface area contributed by atoms with Crippen LogP contribution in [-0.4, -0.2) is 18.7 Å². The number of alkyl halides is 3. The number of ether oxygens (including phenoxy) is 1. The van der Waals surface area contributed by atoms with Gasteiger partial charge in [-0.25, -0.2) is 0 Å². The maximum Gasteiger partial charge on any atom is 0.422 e. The summed E-state index contributed by atoms with van der Waals surface area (Å²) in [4.78, 5) is 10.9. The van der Waals surface area contributed by atoms with Gasteiger partial charge in [0.05, 0.1) is 5.56 Å². The minimum absolute atomic E-state index is 0.177. The first-order valence-corrected chi connectivity index (χ1v) is 4.18. The number of nitrogen functional groups attached to an aromatic ring is 1. The van der Waals surface area contributed by atoms with Crippen molar-refractivity contribution in [1.29, 1.82) is 0 Å². The lowest BCUT2D eigenvalue weighted by Gasteiger charge is -2.11. The van der Waals surface area contributed by atoms with E-state index in [1.54, 1.807) is 0 Å². The molecule has 0 bridgehead atoms. The summed E-state index contributed by atoms with van der Waals surface area (Å²) in [6.07, 6.45) is -4.48. The van der Waals surface area contributed by atoms with Gasteiger partial charge in [-0.1, -0.05) is 0 Å². The third-order valence-corrected chi connectivity index (χ3v) is 1.66. The lowest BCUT2D eigenvalue weighted by molar-refractivity contribution is -0.153. The van der Waals surface area contributed by atoms with Gasteiger partial charge >= 0.3 is 6.18 Å². The van der Waals surface area contributed by atoms with Crippen molar-refractivity contribution in [2.24, 2.45) is 5.73 Å². The number of carbonyl (C=O) groups excluding carboxylic acids is 1. The average molecular weight is 234 g/mol. The summed E-state index contributed by atoms with van der Waals surface area (Å²) < 4.78 is 40.1. The lowest BCUT2D eigenvalue weighted by atomic mass is 10.1. The van der Waals surface area contributed by atoms with Gasteiger partial charge in [-0.3, -0.25) is 4.79 Å². The van der Waals surface area contributed by atoms with Gasteiger partial charge in [0.15, 0.2) is 6.61 Å². The van der Waals surface area contributed by atoms with Gasteiger partial charge in [-0.15, -0.1) is 0 Å². The van der Waals surface area contributed by atoms with Gasteiger partial charge in [-0.05, 0) is 18.2 Å². The summed E-state index contributed by atoms with van der Waals surface area (Å²) in [5.41, 5.74) is 10.4. The van der Waals surface area contributed by atoms with E-state index in [1.807, 2.05) is 0 Å². The summed E-state index contributed by atoms with van der Waals surface area (Å²) in [5, 5.41) is 0. The van der Waals surface area contributed by atoms with Crippen molar-refractivity contribution >= 4 is 11.6 Å². The van der Waals surface area contributed by atoms with Crippen LogP contribution in [0.3, 0.4) is 0 Å². The zero-order chi connectivity index (χ0) is 12.3. The summed E-state index contributed by atoms with van der Waals surface area (Å²) in [6, 6.07) is 3.65. The van der Waals surface area contributed by atoms with E-state index in [9.17, 15) is 18.0 Å². The summed E-state index contributed by atoms with van der Waals surface area (Å²) in [6.45, 7) is -1.49. The highest BCUT2D eigenvalue weighted by molar-refractivity contribution is 5.96. The van der Waals surface area contributed by atoms with Crippen LogP contribution >= 0.6 is 0 Å². The van der Waals surface area contributed by atoms with Crippen molar-refractivity contribution in [3.63, 3.8) is 0 Å². The molecule has 4 nitrogen and oxygen atoms in total. The number of carbonyl (C=O) groups is 1. The van der Waals surface area contributed by atoms with E-state index in [2.05, 4.69) is 4.74 Å². The molecule has 0 aliphatic heterocycles. The van der Waals surface area contributed by atoms with Gasteiger partial charge in [0.2, 0.25) is 0 Å². The van der Waals surface area contributed by atoms with E-state index >= 15 is 0 Å². The molecule has 0 aromatic heterocycles. The quantitative estimate of drug-likeness (QED) is 0.774. The maximum absolute atomic E-state index is 11.9. The normalized spacial score (nSPS) is 11.2. The van der Waals surface area contributed by atoms with Crippen LogP contribution in [0.5, 0.6) is 5.75 Å². The van der Waals surface area contributed by atoms with Gasteiger partial charge < -0.3 is 16.2 Å². The minimum atomic E-state index is -4.48. The first kappa shape index (κ1) is 12.2. The van der Waals surface area contributed by atoms with Crippen LogP contribution in [-0.2, 0) is 0 Å². The Morgan fingerprint density at radius 3 is 2.50 bits per heavy atom. The highest BCUT2D eigenvalue weighted by Gasteiger charge is 2.29. The van der Waals surface area contributed by atoms with E-state index in [1.165, 1.54) is 12.1 Å². The molecule has 0 unspecified atom stereocenters. The van der Waals surface area contributed by atoms with Crippen LogP contribution in [0.2, 0.25) is 0 Å². The van der Waals surface area contributed by atoms with Crippen molar-refractivity contribution < 1.29 is 22.7 Å². The molecule has 1 aromatic carbocycles. The highest BCUT2D eigenvalue weighted by atomic mass is 19.4. The number of hydrogen-bond acceptors (Lipinski definition) is 3. The predicted octanol–water partition coefficient (Wildman–Crippen LogP) is 1.31. The minimum Gasteiger partial charge on any atom is -0.483 e. The first-order valence-electron chi connectivity index (χ1n) is 4.18. The van der Waals surface area contributed by atoms with Crippen LogP contribution in [0.4, 0.5) is 18.9 Å². The third-order valence-electron chi connectivity index (χ3n) is 1.66. The molecule has 0 atom stereocenters. The number of amides is 1. The largest absolute Gasteiger partial charge is 0.483 e. The molecule has 0 aliphatic rings. The van der Waals surface area contributed by atoms with E-state index < -0.39 is 18.7 Å². The Morgan fingerprint density at radius 2 is 2.00 bits per heavy atom. The SMILES string of the molecule is NC(=O)c1cc(N)ccc1OCC(F)(F)F. The average Bonchev–Trinajstić information content (AvgIpc) is 2.14. The van der Waals surface area contributed by atoms with Crippen molar-refractivity contribution in [1.82, 2.24) is 0 Å². The molecule has 1 aromatic rings. The van der Waals surface area contributed by atoms with Crippen LogP contribution in [0.15, 0.2) is 18.2 Å². The second-order valence-electron chi connectivity index (χ2n) is 3.02. The van der Waals surface area contributed by atoms with E-state index in [4.69, 9.17) is 11.5 Å². The molecular weight excluding hydrogens is 225 g/mol. The van der Waals surface area contributed by atoms with Gasteiger partial charge in [-0.2, -0.15) is 13.2 Å². The van der Waals surface area contributed by atoms with Crippen LogP contribution in [0, 0.1) is 0 Å². The van der Waals surface area contributed by atoms with Crippen LogP contribution in [0.25, 0.3) is 0 Å². The van der Waals surface area contributed by atoms with Gasteiger partial charge in [0, 0.05) is 5.69 Å². The molecule has 88 valence electrons. The fourth-order valence-corrected chi connectivity index (χ4v) is 1.03. The second-order valence-corrected chi connectivity index (χ2v) is 3.02. The van der Waals surface area contributed by atoms with Crippen molar-refractivity contribution in [3.05, 3.63) is 23.8 Å². The molecule has 0 aliphatic carbocycles. The molecule has 1 rings (SSSR count). The number of hydrogen-bond donors (Lipinski definition) is 2. The molecule has 0 fully saturated rings. The van der Waals surface area contributed by atoms with Gasteiger partial charge in [0.25, 0.3) is 5.91 Å². The Kier molecular flexibility index (Phi) is 3.26. The molecule has 4 N–H and O–H groups in total. The molecule has 1 amide bonds. The second kappa shape index (κ2) is 4.30. The summed E-state index contributed by atoms with van der Waals surface area (Å²) >= 11 is 0. The fourth-order valence-electron chi connectivity index (χ4n) is 1.03. The molecule has 16 heavy (non-hydrogen) atoms. The summed E-state index contributed by atoms with van der Waals surface area (Å²) in [5.74, 6) is -1.14. The number of benzene rings is 1. The smallest absolute Gasteiger partial charge is 0.422 e. The number of halogens is 3. The van der Waals surface area contributed by atoms with Crippen molar-refractivity contribution in [3.8, 4) is 5.75 Å². The number of rotatable bonds is 3. The zero-order valence-electron chi connectivity index (χ0n) is 8.04. The molecule has 7 heteroatoms. The molecular formula is C9H9F3N2O2. The first-order chi connectivity index (χ1) is 7.29. The Balaban J connectivity index is 2.91. The van der Waals surface area contributed by atoms with Crippen LogP contribution < -0.4 is 16.2 Å². The molecule has 0 heterocycles. The maximum atomic E-state index is 11.9. The topological polar surface area (TPSA) is 78.3 Å². The number of anilines is 1. The standard InChI is InChI=1S/C9H9F3N2O2/c10-9(11,12)4-16-7-2-1-5(13)3-6(7)8(14)15/h1-3H,4,13H2,(H2,14,15). The molecule has 0 radical (unpaired) electrons. The van der Waals surface area contributed by atoms with Crippen molar-refractivity contribution in [2.75, 3.05) is 12.3 Å². The number of nitrogens with two attached hydrogens (primary N) is 2. The zero-order valence-corrected chi connectivity index (χ0v) is 8.04.